The maximum Gasteiger partial charge on any atom is 0.272 e. The molecule has 2 bridgehead atoms. The van der Waals surface area contributed by atoms with Crippen molar-refractivity contribution in [3.05, 3.63) is 59.8 Å². The fraction of sp³-hybridized carbons (Fsp3) is 0.435. The average molecular weight is 409 g/mol. The molecular formula is C23H28N4O3. The molecule has 2 atom stereocenters. The lowest BCUT2D eigenvalue weighted by Crippen LogP contribution is -2.51. The van der Waals surface area contributed by atoms with Gasteiger partial charge in [0.15, 0.2) is 0 Å². The van der Waals surface area contributed by atoms with Crippen LogP contribution >= 0.6 is 0 Å². The van der Waals surface area contributed by atoms with E-state index in [1.807, 2.05) is 54.0 Å². The van der Waals surface area contributed by atoms with Crippen LogP contribution in [0.3, 0.4) is 0 Å². The van der Waals surface area contributed by atoms with Crippen molar-refractivity contribution in [1.29, 1.82) is 0 Å². The van der Waals surface area contributed by atoms with Crippen LogP contribution in [0.15, 0.2) is 48.5 Å². The molecule has 2 fully saturated rings. The summed E-state index contributed by atoms with van der Waals surface area (Å²) in [6.45, 7) is 6.40. The molecular weight excluding hydrogens is 380 g/mol. The lowest BCUT2D eigenvalue weighted by atomic mass is 9.83. The van der Waals surface area contributed by atoms with Gasteiger partial charge in [0.1, 0.15) is 11.5 Å². The largest absolute Gasteiger partial charge is 0.384 e. The number of hydrogen-bond donors (Lipinski definition) is 1. The molecule has 7 nitrogen and oxygen atoms in total. The lowest BCUT2D eigenvalue weighted by Gasteiger charge is -2.36. The number of benzene rings is 1. The standard InChI is InChI=1S/C23H28N4O3/c1-23(2,17-7-4-3-5-8-17)22(29)26-11-16-12-27(18(13-26)15-30-14-16)21(28)19-9-6-10-20(24)25-19/h3-10,16,18H,11-15H2,1-2H3,(H2,24,25)/t16-,18-/m0/s1. The van der Waals surface area contributed by atoms with E-state index in [4.69, 9.17) is 10.5 Å². The highest BCUT2D eigenvalue weighted by Gasteiger charge is 2.41. The molecule has 1 aromatic carbocycles. The van der Waals surface area contributed by atoms with Crippen molar-refractivity contribution in [3.63, 3.8) is 0 Å². The molecule has 2 aliphatic rings. The molecule has 2 N–H and O–H groups in total. The summed E-state index contributed by atoms with van der Waals surface area (Å²) in [5.41, 5.74) is 6.43. The number of anilines is 1. The minimum absolute atomic E-state index is 0.0537. The fourth-order valence-corrected chi connectivity index (χ4v) is 4.35. The highest BCUT2D eigenvalue weighted by Crippen LogP contribution is 2.29. The van der Waals surface area contributed by atoms with Gasteiger partial charge in [0, 0.05) is 25.6 Å². The van der Waals surface area contributed by atoms with E-state index in [0.717, 1.165) is 5.56 Å². The first-order valence-corrected chi connectivity index (χ1v) is 10.3. The normalized spacial score (nSPS) is 21.8. The minimum Gasteiger partial charge on any atom is -0.384 e. The van der Waals surface area contributed by atoms with Gasteiger partial charge >= 0.3 is 0 Å². The van der Waals surface area contributed by atoms with Gasteiger partial charge in [0.05, 0.1) is 24.7 Å². The first-order chi connectivity index (χ1) is 14.4. The number of aromatic nitrogens is 1. The minimum atomic E-state index is -0.648. The summed E-state index contributed by atoms with van der Waals surface area (Å²) in [4.78, 5) is 34.6. The Balaban J connectivity index is 1.58. The van der Waals surface area contributed by atoms with Gasteiger partial charge in [-0.15, -0.1) is 0 Å². The maximum absolute atomic E-state index is 13.5. The zero-order valence-electron chi connectivity index (χ0n) is 17.5. The number of carbonyl (C=O) groups excluding carboxylic acids is 2. The first-order valence-electron chi connectivity index (χ1n) is 10.3. The Labute approximate surface area is 176 Å². The van der Waals surface area contributed by atoms with Crippen LogP contribution < -0.4 is 5.73 Å². The fourth-order valence-electron chi connectivity index (χ4n) is 4.35. The number of rotatable bonds is 3. The second-order valence-electron chi connectivity index (χ2n) is 8.66. The summed E-state index contributed by atoms with van der Waals surface area (Å²) in [7, 11) is 0. The smallest absolute Gasteiger partial charge is 0.272 e. The van der Waals surface area contributed by atoms with Gasteiger partial charge in [-0.05, 0) is 31.5 Å². The third-order valence-electron chi connectivity index (χ3n) is 6.04. The van der Waals surface area contributed by atoms with Gasteiger partial charge in [0.2, 0.25) is 5.91 Å². The molecule has 0 aliphatic carbocycles. The SMILES string of the molecule is CC(C)(C(=O)N1C[C@@H]2COC[C@H](C1)N(C(=O)c1cccc(N)n1)C2)c1ccccc1. The number of carbonyl (C=O) groups is 2. The molecule has 0 radical (unpaired) electrons. The molecule has 2 saturated heterocycles. The molecule has 2 aromatic rings. The Morgan fingerprint density at radius 3 is 2.53 bits per heavy atom. The number of ether oxygens (including phenoxy) is 1. The Hall–Kier alpha value is -2.93. The molecule has 4 rings (SSSR count). The van der Waals surface area contributed by atoms with Crippen LogP contribution in [0.25, 0.3) is 0 Å². The Morgan fingerprint density at radius 1 is 1.03 bits per heavy atom. The van der Waals surface area contributed by atoms with E-state index in [1.165, 1.54) is 0 Å². The van der Waals surface area contributed by atoms with Crippen molar-refractivity contribution < 1.29 is 14.3 Å². The summed E-state index contributed by atoms with van der Waals surface area (Å²) in [5, 5.41) is 0. The summed E-state index contributed by atoms with van der Waals surface area (Å²) in [6, 6.07) is 14.7. The van der Waals surface area contributed by atoms with Crippen LogP contribution in [-0.2, 0) is 14.9 Å². The van der Waals surface area contributed by atoms with Gasteiger partial charge in [-0.3, -0.25) is 9.59 Å². The van der Waals surface area contributed by atoms with Crippen molar-refractivity contribution >= 4 is 17.6 Å². The number of hydrogen-bond acceptors (Lipinski definition) is 5. The monoisotopic (exact) mass is 408 g/mol. The third-order valence-corrected chi connectivity index (χ3v) is 6.04. The summed E-state index contributed by atoms with van der Waals surface area (Å²) >= 11 is 0. The van der Waals surface area contributed by atoms with E-state index in [-0.39, 0.29) is 23.8 Å². The van der Waals surface area contributed by atoms with Gasteiger partial charge in [-0.2, -0.15) is 0 Å². The van der Waals surface area contributed by atoms with Gasteiger partial charge < -0.3 is 20.3 Å². The predicted molar refractivity (Wildman–Crippen MR) is 114 cm³/mol. The van der Waals surface area contributed by atoms with E-state index < -0.39 is 5.41 Å². The van der Waals surface area contributed by atoms with Gasteiger partial charge in [0.25, 0.3) is 5.91 Å². The van der Waals surface area contributed by atoms with E-state index >= 15 is 0 Å². The average Bonchev–Trinajstić information content (AvgIpc) is 3.04. The van der Waals surface area contributed by atoms with Crippen LogP contribution in [0.5, 0.6) is 0 Å². The van der Waals surface area contributed by atoms with Crippen molar-refractivity contribution in [2.45, 2.75) is 25.3 Å². The van der Waals surface area contributed by atoms with Gasteiger partial charge in [-0.1, -0.05) is 36.4 Å². The van der Waals surface area contributed by atoms with Crippen LogP contribution in [0.2, 0.25) is 0 Å². The number of nitrogens with two attached hydrogens (primary N) is 1. The number of nitrogens with zero attached hydrogens (tertiary/aromatic N) is 3. The van der Waals surface area contributed by atoms with Crippen molar-refractivity contribution in [2.24, 2.45) is 5.92 Å². The summed E-state index contributed by atoms with van der Waals surface area (Å²) in [5.74, 6) is 0.274. The molecule has 0 unspecified atom stereocenters. The molecule has 158 valence electrons. The first kappa shape index (κ1) is 20.3. The highest BCUT2D eigenvalue weighted by atomic mass is 16.5. The lowest BCUT2D eigenvalue weighted by molar-refractivity contribution is -0.138. The molecule has 30 heavy (non-hydrogen) atoms. The Bertz CT molecular complexity index is 931. The predicted octanol–water partition coefficient (Wildman–Crippen LogP) is 1.94. The van der Waals surface area contributed by atoms with E-state index in [2.05, 4.69) is 4.98 Å². The van der Waals surface area contributed by atoms with Gasteiger partial charge in [-0.25, -0.2) is 4.98 Å². The molecule has 0 saturated carbocycles. The molecule has 0 spiro atoms. The molecule has 3 heterocycles. The molecule has 1 aromatic heterocycles. The van der Waals surface area contributed by atoms with Crippen LogP contribution in [0.1, 0.15) is 29.9 Å². The molecule has 2 aliphatic heterocycles. The van der Waals surface area contributed by atoms with E-state index in [1.54, 1.807) is 18.2 Å². The second-order valence-corrected chi connectivity index (χ2v) is 8.66. The van der Waals surface area contributed by atoms with E-state index in [0.29, 0.717) is 44.4 Å². The maximum atomic E-state index is 13.5. The molecule has 2 amide bonds. The zero-order chi connectivity index (χ0) is 21.3. The summed E-state index contributed by atoms with van der Waals surface area (Å²) < 4.78 is 5.82. The van der Waals surface area contributed by atoms with Crippen LogP contribution in [-0.4, -0.2) is 65.5 Å². The topological polar surface area (TPSA) is 88.8 Å². The van der Waals surface area contributed by atoms with Crippen molar-refractivity contribution in [2.75, 3.05) is 38.6 Å². The zero-order valence-corrected chi connectivity index (χ0v) is 17.5. The van der Waals surface area contributed by atoms with Crippen molar-refractivity contribution in [3.8, 4) is 0 Å². The number of fused-ring (bicyclic) bond motifs is 3. The van der Waals surface area contributed by atoms with Crippen molar-refractivity contribution in [1.82, 2.24) is 14.8 Å². The van der Waals surface area contributed by atoms with E-state index in [9.17, 15) is 9.59 Å². The summed E-state index contributed by atoms with van der Waals surface area (Å²) in [6.07, 6.45) is 0. The number of nitrogen functional groups attached to an aromatic ring is 1. The third kappa shape index (κ3) is 3.89. The Kier molecular flexibility index (Phi) is 5.47. The van der Waals surface area contributed by atoms with Crippen LogP contribution in [0.4, 0.5) is 5.82 Å². The number of pyridine rings is 1. The second kappa shape index (κ2) is 8.07. The number of amides is 2. The highest BCUT2D eigenvalue weighted by molar-refractivity contribution is 5.93. The quantitative estimate of drug-likeness (QED) is 0.839. The Morgan fingerprint density at radius 2 is 1.80 bits per heavy atom. The molecule has 7 heteroatoms. The van der Waals surface area contributed by atoms with Crippen LogP contribution in [0, 0.1) is 5.92 Å².